The maximum Gasteiger partial charge on any atom is 0.180 e. The lowest BCUT2D eigenvalue weighted by Gasteiger charge is -2.20. The smallest absolute Gasteiger partial charge is 0.180 e. The minimum absolute atomic E-state index is 0.554. The molecule has 0 radical (unpaired) electrons. The van der Waals surface area contributed by atoms with Gasteiger partial charge in [-0.25, -0.2) is 9.97 Å². The zero-order chi connectivity index (χ0) is 17.3. The van der Waals surface area contributed by atoms with Gasteiger partial charge in [-0.3, -0.25) is 9.39 Å². The van der Waals surface area contributed by atoms with Crippen molar-refractivity contribution in [2.45, 2.75) is 18.8 Å². The molecule has 26 heavy (non-hydrogen) atoms. The third kappa shape index (κ3) is 2.81. The third-order valence-electron chi connectivity index (χ3n) is 4.90. The van der Waals surface area contributed by atoms with Crippen molar-refractivity contribution in [3.8, 4) is 0 Å². The number of allylic oxidation sites excluding steroid dienone is 1. The maximum atomic E-state index is 4.65. The van der Waals surface area contributed by atoms with Gasteiger partial charge in [0.05, 0.1) is 24.1 Å². The molecule has 5 heterocycles. The lowest BCUT2D eigenvalue weighted by atomic mass is 9.95. The van der Waals surface area contributed by atoms with Gasteiger partial charge in [-0.15, -0.1) is 0 Å². The van der Waals surface area contributed by atoms with Gasteiger partial charge in [-0.2, -0.15) is 4.37 Å². The minimum Gasteiger partial charge on any atom is -0.328 e. The lowest BCUT2D eigenvalue weighted by Crippen LogP contribution is -2.26. The number of fused-ring (bicyclic) bond motifs is 1. The summed E-state index contributed by atoms with van der Waals surface area (Å²) >= 11 is 1.49. The van der Waals surface area contributed by atoms with Crippen LogP contribution < -0.4 is 10.6 Å². The summed E-state index contributed by atoms with van der Waals surface area (Å²) in [6.07, 6.45) is 11.9. The molecule has 2 aliphatic rings. The second-order valence-corrected chi connectivity index (χ2v) is 7.34. The van der Waals surface area contributed by atoms with E-state index in [4.69, 9.17) is 0 Å². The number of rotatable bonds is 4. The zero-order valence-electron chi connectivity index (χ0n) is 14.2. The molecule has 0 bridgehead atoms. The first-order valence-corrected chi connectivity index (χ1v) is 9.62. The SMILES string of the molecule is C1=NCC=C1c1cnc2c(Nc3cc(C4CCNCC4)ns3)nccn12. The highest BCUT2D eigenvalue weighted by Crippen LogP contribution is 2.31. The van der Waals surface area contributed by atoms with Crippen LogP contribution in [0.1, 0.15) is 30.1 Å². The van der Waals surface area contributed by atoms with Crippen molar-refractivity contribution in [1.29, 1.82) is 0 Å². The van der Waals surface area contributed by atoms with Gasteiger partial charge >= 0.3 is 0 Å². The lowest BCUT2D eigenvalue weighted by molar-refractivity contribution is 0.455. The Labute approximate surface area is 155 Å². The quantitative estimate of drug-likeness (QED) is 0.743. The van der Waals surface area contributed by atoms with Crippen molar-refractivity contribution < 1.29 is 0 Å². The number of aliphatic imine (C=N–C) groups is 1. The Morgan fingerprint density at radius 3 is 3.00 bits per heavy atom. The number of anilines is 2. The molecule has 0 amide bonds. The van der Waals surface area contributed by atoms with Gasteiger partial charge < -0.3 is 10.6 Å². The van der Waals surface area contributed by atoms with E-state index in [2.05, 4.69) is 42.1 Å². The topological polar surface area (TPSA) is 79.5 Å². The van der Waals surface area contributed by atoms with Crippen LogP contribution in [-0.2, 0) is 0 Å². The Balaban J connectivity index is 1.43. The standard InChI is InChI=1S/C18H19N7S/c1-4-19-5-2-12(1)14-9-16(26-24-14)23-17-18-22-11-15(13-3-6-20-10-13)25(18)8-7-21-17/h3,7-12,19H,1-2,4-6H2,(H,21,23). The Morgan fingerprint density at radius 2 is 2.15 bits per heavy atom. The summed E-state index contributed by atoms with van der Waals surface area (Å²) < 4.78 is 6.70. The monoisotopic (exact) mass is 365 g/mol. The molecule has 1 fully saturated rings. The number of piperidine rings is 1. The molecular weight excluding hydrogens is 346 g/mol. The molecule has 0 saturated carbocycles. The average molecular weight is 365 g/mol. The summed E-state index contributed by atoms with van der Waals surface area (Å²) in [6.45, 7) is 2.88. The van der Waals surface area contributed by atoms with Crippen LogP contribution >= 0.6 is 11.5 Å². The van der Waals surface area contributed by atoms with Gasteiger partial charge in [-0.1, -0.05) is 6.08 Å². The molecule has 0 aliphatic carbocycles. The van der Waals surface area contributed by atoms with Gasteiger partial charge in [0.25, 0.3) is 0 Å². The molecule has 132 valence electrons. The maximum absolute atomic E-state index is 4.65. The van der Waals surface area contributed by atoms with Crippen LogP contribution in [0.15, 0.2) is 35.7 Å². The highest BCUT2D eigenvalue weighted by atomic mass is 32.1. The van der Waals surface area contributed by atoms with Crippen LogP contribution in [0, 0.1) is 0 Å². The third-order valence-corrected chi connectivity index (χ3v) is 5.62. The molecule has 2 N–H and O–H groups in total. The van der Waals surface area contributed by atoms with E-state index in [0.29, 0.717) is 5.92 Å². The summed E-state index contributed by atoms with van der Waals surface area (Å²) in [5.74, 6) is 1.30. The van der Waals surface area contributed by atoms with E-state index >= 15 is 0 Å². The van der Waals surface area contributed by atoms with Crippen LogP contribution in [0.5, 0.6) is 0 Å². The van der Waals surface area contributed by atoms with Crippen molar-refractivity contribution in [3.63, 3.8) is 0 Å². The number of nitrogens with one attached hydrogen (secondary N) is 2. The van der Waals surface area contributed by atoms with Crippen LogP contribution in [0.25, 0.3) is 11.2 Å². The van der Waals surface area contributed by atoms with Crippen molar-refractivity contribution in [2.75, 3.05) is 25.0 Å². The van der Waals surface area contributed by atoms with Crippen LogP contribution in [0.2, 0.25) is 0 Å². The van der Waals surface area contributed by atoms with Crippen molar-refractivity contribution in [3.05, 3.63) is 42.1 Å². The van der Waals surface area contributed by atoms with Gasteiger partial charge in [0.1, 0.15) is 5.00 Å². The first-order chi connectivity index (χ1) is 12.9. The second kappa shape index (κ2) is 6.62. The first kappa shape index (κ1) is 15.7. The Hall–Kier alpha value is -2.58. The molecule has 5 rings (SSSR count). The molecule has 7 nitrogen and oxygen atoms in total. The van der Waals surface area contributed by atoms with Crippen molar-refractivity contribution in [1.82, 2.24) is 24.1 Å². The molecule has 3 aromatic heterocycles. The van der Waals surface area contributed by atoms with Crippen LogP contribution in [-0.4, -0.2) is 44.6 Å². The number of hydrogen-bond acceptors (Lipinski definition) is 7. The predicted octanol–water partition coefficient (Wildman–Crippen LogP) is 2.86. The van der Waals surface area contributed by atoms with E-state index in [9.17, 15) is 0 Å². The van der Waals surface area contributed by atoms with E-state index in [1.807, 2.05) is 23.0 Å². The zero-order valence-corrected chi connectivity index (χ0v) is 15.0. The summed E-state index contributed by atoms with van der Waals surface area (Å²) in [5.41, 5.74) is 4.12. The Kier molecular flexibility index (Phi) is 3.99. The van der Waals surface area contributed by atoms with E-state index < -0.39 is 0 Å². The van der Waals surface area contributed by atoms with Crippen LogP contribution in [0.3, 0.4) is 0 Å². The largest absolute Gasteiger partial charge is 0.328 e. The van der Waals surface area contributed by atoms with E-state index in [1.54, 1.807) is 6.20 Å². The average Bonchev–Trinajstić information content (AvgIpc) is 3.43. The van der Waals surface area contributed by atoms with Gasteiger partial charge in [0, 0.05) is 30.1 Å². The molecule has 3 aromatic rings. The molecule has 2 aliphatic heterocycles. The van der Waals surface area contributed by atoms with E-state index in [-0.39, 0.29) is 0 Å². The number of nitrogens with zero attached hydrogens (tertiary/aromatic N) is 5. The number of imidazole rings is 1. The normalized spacial score (nSPS) is 17.8. The molecule has 1 saturated heterocycles. The molecule has 0 aromatic carbocycles. The van der Waals surface area contributed by atoms with E-state index in [1.165, 1.54) is 17.2 Å². The Bertz CT molecular complexity index is 994. The van der Waals surface area contributed by atoms with Crippen molar-refractivity contribution in [2.24, 2.45) is 4.99 Å². The molecule has 8 heteroatoms. The van der Waals surface area contributed by atoms with Gasteiger partial charge in [0.2, 0.25) is 0 Å². The summed E-state index contributed by atoms with van der Waals surface area (Å²) in [5, 5.41) is 7.81. The molecular formula is C18H19N7S. The van der Waals surface area contributed by atoms with Gasteiger partial charge in [-0.05, 0) is 43.5 Å². The highest BCUT2D eigenvalue weighted by molar-refractivity contribution is 7.10. The summed E-state index contributed by atoms with van der Waals surface area (Å²) in [4.78, 5) is 13.3. The first-order valence-electron chi connectivity index (χ1n) is 8.85. The second-order valence-electron chi connectivity index (χ2n) is 6.53. The molecule has 0 spiro atoms. The van der Waals surface area contributed by atoms with E-state index in [0.717, 1.165) is 60.2 Å². The van der Waals surface area contributed by atoms with Crippen molar-refractivity contribution >= 4 is 39.8 Å². The predicted molar refractivity (Wildman–Crippen MR) is 105 cm³/mol. The fourth-order valence-corrected chi connectivity index (χ4v) is 4.24. The minimum atomic E-state index is 0.554. The Morgan fingerprint density at radius 1 is 1.23 bits per heavy atom. The summed E-state index contributed by atoms with van der Waals surface area (Å²) in [6, 6.07) is 2.15. The number of hydrogen-bond donors (Lipinski definition) is 2. The van der Waals surface area contributed by atoms with Crippen LogP contribution in [0.4, 0.5) is 10.8 Å². The highest BCUT2D eigenvalue weighted by Gasteiger charge is 2.19. The molecule has 0 unspecified atom stereocenters. The fraction of sp³-hybridized carbons (Fsp3) is 0.333. The van der Waals surface area contributed by atoms with Gasteiger partial charge in [0.15, 0.2) is 11.5 Å². The fourth-order valence-electron chi connectivity index (χ4n) is 3.52. The molecule has 0 atom stereocenters. The summed E-state index contributed by atoms with van der Waals surface area (Å²) in [7, 11) is 0. The number of aromatic nitrogens is 4.